The predicted molar refractivity (Wildman–Crippen MR) is 53.9 cm³/mol. The first-order valence-corrected chi connectivity index (χ1v) is 4.12. The molecule has 1 aromatic rings. The number of nitrogens with two attached hydrogens (primary N) is 1. The van der Waals surface area contributed by atoms with E-state index >= 15 is 0 Å². The van der Waals surface area contributed by atoms with E-state index in [1.807, 2.05) is 0 Å². The van der Waals surface area contributed by atoms with Crippen molar-refractivity contribution in [2.75, 3.05) is 31.3 Å². The Balaban J connectivity index is 2.74. The summed E-state index contributed by atoms with van der Waals surface area (Å²) in [6.45, 7) is 0.171. The van der Waals surface area contributed by atoms with Crippen molar-refractivity contribution in [3.63, 3.8) is 0 Å². The number of esters is 1. The third kappa shape index (κ3) is 2.35. The lowest BCUT2D eigenvalue weighted by Crippen LogP contribution is -2.27. The van der Waals surface area contributed by atoms with Gasteiger partial charge in [-0.15, -0.1) is 0 Å². The molecule has 0 saturated carbocycles. The molecule has 0 aromatic carbocycles. The summed E-state index contributed by atoms with van der Waals surface area (Å²) >= 11 is 0. The monoisotopic (exact) mass is 195 g/mol. The number of ether oxygens (including phenoxy) is 1. The van der Waals surface area contributed by atoms with Crippen molar-refractivity contribution < 1.29 is 9.53 Å². The Kier molecular flexibility index (Phi) is 3.28. The summed E-state index contributed by atoms with van der Waals surface area (Å²) in [6, 6.07) is 1.75. The first-order chi connectivity index (χ1) is 6.65. The summed E-state index contributed by atoms with van der Waals surface area (Å²) in [5.74, 6) is -0.302. The SMILES string of the molecule is COC(=O)CN(C)c1ccncc1N. The topological polar surface area (TPSA) is 68.5 Å². The number of carbonyl (C=O) groups is 1. The Hall–Kier alpha value is -1.78. The molecule has 1 rings (SSSR count). The van der Waals surface area contributed by atoms with Crippen LogP contribution < -0.4 is 10.6 Å². The molecule has 0 bridgehead atoms. The zero-order chi connectivity index (χ0) is 10.6. The van der Waals surface area contributed by atoms with Gasteiger partial charge < -0.3 is 15.4 Å². The van der Waals surface area contributed by atoms with Gasteiger partial charge in [0.2, 0.25) is 0 Å². The molecule has 0 spiro atoms. The van der Waals surface area contributed by atoms with E-state index in [0.29, 0.717) is 5.69 Å². The minimum absolute atomic E-state index is 0.171. The van der Waals surface area contributed by atoms with Gasteiger partial charge in [0.15, 0.2) is 0 Å². The molecule has 14 heavy (non-hydrogen) atoms. The van der Waals surface area contributed by atoms with Crippen LogP contribution in [0.3, 0.4) is 0 Å². The van der Waals surface area contributed by atoms with Crippen LogP contribution >= 0.6 is 0 Å². The van der Waals surface area contributed by atoms with Gasteiger partial charge in [-0.3, -0.25) is 9.78 Å². The van der Waals surface area contributed by atoms with Crippen molar-refractivity contribution in [2.24, 2.45) is 0 Å². The van der Waals surface area contributed by atoms with Gasteiger partial charge in [0.1, 0.15) is 6.54 Å². The minimum atomic E-state index is -0.302. The first kappa shape index (κ1) is 10.3. The van der Waals surface area contributed by atoms with Crippen molar-refractivity contribution in [1.82, 2.24) is 4.98 Å². The Bertz CT molecular complexity index is 328. The quantitative estimate of drug-likeness (QED) is 0.701. The van der Waals surface area contributed by atoms with E-state index in [0.717, 1.165) is 5.69 Å². The number of hydrogen-bond acceptors (Lipinski definition) is 5. The minimum Gasteiger partial charge on any atom is -0.468 e. The molecule has 1 heterocycles. The Morgan fingerprint density at radius 1 is 1.71 bits per heavy atom. The molecule has 0 aliphatic heterocycles. The standard InChI is InChI=1S/C9H13N3O2/c1-12(6-9(13)14-2)8-3-4-11-5-7(8)10/h3-5H,6,10H2,1-2H3. The maximum absolute atomic E-state index is 11.0. The summed E-state index contributed by atoms with van der Waals surface area (Å²) in [4.78, 5) is 16.6. The van der Waals surface area contributed by atoms with E-state index in [4.69, 9.17) is 5.73 Å². The van der Waals surface area contributed by atoms with Crippen LogP contribution in [0.5, 0.6) is 0 Å². The Morgan fingerprint density at radius 2 is 2.43 bits per heavy atom. The third-order valence-electron chi connectivity index (χ3n) is 1.83. The van der Waals surface area contributed by atoms with Gasteiger partial charge in [-0.1, -0.05) is 0 Å². The summed E-state index contributed by atoms with van der Waals surface area (Å²) in [5, 5.41) is 0. The smallest absolute Gasteiger partial charge is 0.325 e. The molecule has 0 unspecified atom stereocenters. The molecule has 5 heteroatoms. The van der Waals surface area contributed by atoms with Crippen LogP contribution in [0.1, 0.15) is 0 Å². The average Bonchev–Trinajstić information content (AvgIpc) is 2.18. The highest BCUT2D eigenvalue weighted by Gasteiger charge is 2.09. The number of anilines is 2. The molecule has 0 aliphatic rings. The van der Waals surface area contributed by atoms with Crippen LogP contribution in [0.25, 0.3) is 0 Å². The number of nitrogens with zero attached hydrogens (tertiary/aromatic N) is 2. The molecule has 1 aromatic heterocycles. The van der Waals surface area contributed by atoms with E-state index in [1.165, 1.54) is 7.11 Å². The second-order valence-corrected chi connectivity index (χ2v) is 2.87. The van der Waals surface area contributed by atoms with Crippen LogP contribution in [-0.4, -0.2) is 31.7 Å². The zero-order valence-corrected chi connectivity index (χ0v) is 8.23. The normalized spacial score (nSPS) is 9.57. The zero-order valence-electron chi connectivity index (χ0n) is 8.23. The number of nitrogen functional groups attached to an aromatic ring is 1. The van der Waals surface area contributed by atoms with Gasteiger partial charge in [0.05, 0.1) is 24.7 Å². The van der Waals surface area contributed by atoms with Crippen molar-refractivity contribution in [3.05, 3.63) is 18.5 Å². The van der Waals surface area contributed by atoms with E-state index in [9.17, 15) is 4.79 Å². The van der Waals surface area contributed by atoms with Crippen molar-refractivity contribution in [3.8, 4) is 0 Å². The van der Waals surface area contributed by atoms with Crippen LogP contribution in [0, 0.1) is 0 Å². The lowest BCUT2D eigenvalue weighted by Gasteiger charge is -2.18. The lowest BCUT2D eigenvalue weighted by atomic mass is 10.3. The molecular formula is C9H13N3O2. The molecule has 5 nitrogen and oxygen atoms in total. The third-order valence-corrected chi connectivity index (χ3v) is 1.83. The molecule has 0 fully saturated rings. The molecule has 0 amide bonds. The van der Waals surface area contributed by atoms with Crippen LogP contribution in [0.4, 0.5) is 11.4 Å². The fourth-order valence-corrected chi connectivity index (χ4v) is 1.09. The number of pyridine rings is 1. The first-order valence-electron chi connectivity index (χ1n) is 4.12. The maximum Gasteiger partial charge on any atom is 0.325 e. The largest absolute Gasteiger partial charge is 0.468 e. The highest BCUT2D eigenvalue weighted by Crippen LogP contribution is 2.19. The number of methoxy groups -OCH3 is 1. The van der Waals surface area contributed by atoms with Gasteiger partial charge in [-0.25, -0.2) is 0 Å². The van der Waals surface area contributed by atoms with E-state index < -0.39 is 0 Å². The average molecular weight is 195 g/mol. The molecule has 0 aliphatic carbocycles. The fraction of sp³-hybridized carbons (Fsp3) is 0.333. The van der Waals surface area contributed by atoms with Crippen LogP contribution in [-0.2, 0) is 9.53 Å². The molecule has 0 atom stereocenters. The number of aromatic nitrogens is 1. The number of likely N-dealkylation sites (N-methyl/N-ethyl adjacent to an activating group) is 1. The fourth-order valence-electron chi connectivity index (χ4n) is 1.09. The van der Waals surface area contributed by atoms with Crippen LogP contribution in [0.15, 0.2) is 18.5 Å². The summed E-state index contributed by atoms with van der Waals surface area (Å²) in [6.07, 6.45) is 3.17. The van der Waals surface area contributed by atoms with Crippen molar-refractivity contribution >= 4 is 17.3 Å². The lowest BCUT2D eigenvalue weighted by molar-refractivity contribution is -0.138. The van der Waals surface area contributed by atoms with Gasteiger partial charge >= 0.3 is 5.97 Å². The van der Waals surface area contributed by atoms with E-state index in [-0.39, 0.29) is 12.5 Å². The number of rotatable bonds is 3. The van der Waals surface area contributed by atoms with Crippen LogP contribution in [0.2, 0.25) is 0 Å². The van der Waals surface area contributed by atoms with Gasteiger partial charge in [-0.2, -0.15) is 0 Å². The predicted octanol–water partition coefficient (Wildman–Crippen LogP) is 0.273. The summed E-state index contributed by atoms with van der Waals surface area (Å²) < 4.78 is 4.55. The Labute approximate surface area is 82.5 Å². The van der Waals surface area contributed by atoms with Crippen molar-refractivity contribution in [2.45, 2.75) is 0 Å². The number of hydrogen-bond donors (Lipinski definition) is 1. The second kappa shape index (κ2) is 4.45. The highest BCUT2D eigenvalue weighted by molar-refractivity contribution is 5.78. The van der Waals surface area contributed by atoms with E-state index in [1.54, 1.807) is 30.4 Å². The molecule has 76 valence electrons. The molecule has 2 N–H and O–H groups in total. The number of carbonyl (C=O) groups excluding carboxylic acids is 1. The highest BCUT2D eigenvalue weighted by atomic mass is 16.5. The molecule has 0 saturated heterocycles. The summed E-state index contributed by atoms with van der Waals surface area (Å²) in [5.41, 5.74) is 6.99. The van der Waals surface area contributed by atoms with Gasteiger partial charge in [0, 0.05) is 13.2 Å². The van der Waals surface area contributed by atoms with E-state index in [2.05, 4.69) is 9.72 Å². The maximum atomic E-state index is 11.0. The van der Waals surface area contributed by atoms with Gasteiger partial charge in [0.25, 0.3) is 0 Å². The molecular weight excluding hydrogens is 182 g/mol. The Morgan fingerprint density at radius 3 is 3.00 bits per heavy atom. The molecule has 0 radical (unpaired) electrons. The van der Waals surface area contributed by atoms with Crippen molar-refractivity contribution in [1.29, 1.82) is 0 Å². The summed E-state index contributed by atoms with van der Waals surface area (Å²) in [7, 11) is 3.12. The second-order valence-electron chi connectivity index (χ2n) is 2.87. The van der Waals surface area contributed by atoms with Gasteiger partial charge in [-0.05, 0) is 6.07 Å².